The van der Waals surface area contributed by atoms with E-state index in [1.807, 2.05) is 0 Å². The first kappa shape index (κ1) is 29.3. The van der Waals surface area contributed by atoms with Crippen LogP contribution in [0.5, 0.6) is 0 Å². The molecule has 6 aromatic carbocycles. The van der Waals surface area contributed by atoms with Gasteiger partial charge in [0.15, 0.2) is 0 Å². The molecule has 6 aromatic rings. The molecule has 0 spiro atoms. The molecule has 0 saturated heterocycles. The van der Waals surface area contributed by atoms with Crippen molar-refractivity contribution in [3.63, 3.8) is 0 Å². The molecule has 0 saturated carbocycles. The Morgan fingerprint density at radius 1 is 0.562 bits per heavy atom. The van der Waals surface area contributed by atoms with E-state index in [-0.39, 0.29) is 16.9 Å². The van der Waals surface area contributed by atoms with Crippen LogP contribution in [0.15, 0.2) is 127 Å². The summed E-state index contributed by atoms with van der Waals surface area (Å²) in [6.07, 6.45) is 3.67. The Hall–Kier alpha value is -4.82. The van der Waals surface area contributed by atoms with E-state index >= 15 is 0 Å². The van der Waals surface area contributed by atoms with Crippen molar-refractivity contribution in [2.75, 3.05) is 9.80 Å². The van der Waals surface area contributed by atoms with Gasteiger partial charge in [-0.1, -0.05) is 120 Å². The summed E-state index contributed by atoms with van der Waals surface area (Å²) in [5, 5.41) is 5.25. The van der Waals surface area contributed by atoms with Gasteiger partial charge in [-0.3, -0.25) is 0 Å². The van der Waals surface area contributed by atoms with Gasteiger partial charge in [0.25, 0.3) is 0 Å². The van der Waals surface area contributed by atoms with Crippen LogP contribution in [0, 0.1) is 0 Å². The third kappa shape index (κ3) is 4.53. The summed E-state index contributed by atoms with van der Waals surface area (Å²) >= 11 is 0. The number of hydrogen-bond donors (Lipinski definition) is 0. The lowest BCUT2D eigenvalue weighted by Crippen LogP contribution is -2.38. The maximum Gasteiger partial charge on any atom is 0.0666 e. The Morgan fingerprint density at radius 2 is 1.04 bits per heavy atom. The van der Waals surface area contributed by atoms with Crippen molar-refractivity contribution in [3.8, 4) is 0 Å². The van der Waals surface area contributed by atoms with Crippen molar-refractivity contribution >= 4 is 49.9 Å². The maximum absolute atomic E-state index is 2.68. The molecule has 0 radical (unpaired) electrons. The van der Waals surface area contributed by atoms with E-state index in [1.54, 1.807) is 0 Å². The molecule has 3 atom stereocenters. The fourth-order valence-corrected chi connectivity index (χ4v) is 8.64. The van der Waals surface area contributed by atoms with Crippen LogP contribution in [-0.4, -0.2) is 12.1 Å². The summed E-state index contributed by atoms with van der Waals surface area (Å²) in [6.45, 7) is 13.8. The van der Waals surface area contributed by atoms with Crippen LogP contribution >= 0.6 is 0 Å². The molecule has 2 heteroatoms. The fraction of sp³-hybridized carbons (Fsp3) is 0.261. The highest BCUT2D eigenvalue weighted by Gasteiger charge is 2.50. The van der Waals surface area contributed by atoms with Gasteiger partial charge in [0.2, 0.25) is 0 Å². The molecule has 0 bridgehead atoms. The SMILES string of the molecule is CC(C)(C)c1ccc(N(c2ccc(C(C)(C)C)cc2)C2C=C3c4cc5ccccc5cc4N4c5cc6ccccc6cc5C(C2)C34)cc1. The predicted molar refractivity (Wildman–Crippen MR) is 205 cm³/mol. The van der Waals surface area contributed by atoms with Gasteiger partial charge in [0.1, 0.15) is 0 Å². The Balaban J connectivity index is 1.25. The third-order valence-electron chi connectivity index (χ3n) is 11.2. The molecule has 0 aromatic heterocycles. The molecule has 3 aliphatic rings. The molecule has 2 heterocycles. The van der Waals surface area contributed by atoms with Gasteiger partial charge in [-0.05, 0) is 110 Å². The molecule has 9 rings (SSSR count). The van der Waals surface area contributed by atoms with E-state index in [9.17, 15) is 0 Å². The van der Waals surface area contributed by atoms with Gasteiger partial charge >= 0.3 is 0 Å². The van der Waals surface area contributed by atoms with Crippen LogP contribution in [0.1, 0.15) is 76.1 Å². The standard InChI is InChI=1S/C46H44N2/c1-45(2,3)33-15-19-35(20-16-33)47(36-21-17-34(18-22-36)46(4,5)6)37-27-40-38-23-29-11-7-9-13-31(29)25-42(38)48-43-26-32-14-10-8-12-30(32)24-39(43)41(28-37)44(40)48/h7-27,37,41,44H,28H2,1-6H3. The Bertz CT molecular complexity index is 2180. The molecule has 3 unspecified atom stereocenters. The lowest BCUT2D eigenvalue weighted by molar-refractivity contribution is 0.541. The lowest BCUT2D eigenvalue weighted by Gasteiger charge is -2.39. The Labute approximate surface area is 285 Å². The summed E-state index contributed by atoms with van der Waals surface area (Å²) in [5.41, 5.74) is 12.5. The first-order valence-corrected chi connectivity index (χ1v) is 17.6. The predicted octanol–water partition coefficient (Wildman–Crippen LogP) is 12.2. The number of rotatable bonds is 3. The summed E-state index contributed by atoms with van der Waals surface area (Å²) in [5.74, 6) is 0.385. The normalized spacial score (nSPS) is 19.7. The van der Waals surface area contributed by atoms with E-state index in [4.69, 9.17) is 0 Å². The number of benzene rings is 6. The van der Waals surface area contributed by atoms with E-state index in [0.29, 0.717) is 12.0 Å². The molecule has 1 aliphatic carbocycles. The topological polar surface area (TPSA) is 6.48 Å². The maximum atomic E-state index is 2.68. The van der Waals surface area contributed by atoms with Crippen LogP contribution < -0.4 is 9.80 Å². The fourth-order valence-electron chi connectivity index (χ4n) is 8.64. The summed E-state index contributed by atoms with van der Waals surface area (Å²) in [4.78, 5) is 5.29. The molecule has 48 heavy (non-hydrogen) atoms. The highest BCUT2D eigenvalue weighted by molar-refractivity contribution is 6.04. The number of anilines is 4. The molecule has 0 N–H and O–H groups in total. The first-order valence-electron chi connectivity index (χ1n) is 17.6. The quantitative estimate of drug-likeness (QED) is 0.193. The van der Waals surface area contributed by atoms with E-state index < -0.39 is 0 Å². The Kier molecular flexibility index (Phi) is 6.32. The highest BCUT2D eigenvalue weighted by Crippen LogP contribution is 2.61. The van der Waals surface area contributed by atoms with Crippen molar-refractivity contribution in [2.24, 2.45) is 0 Å². The van der Waals surface area contributed by atoms with Crippen LogP contribution in [0.4, 0.5) is 22.7 Å². The smallest absolute Gasteiger partial charge is 0.0666 e. The van der Waals surface area contributed by atoms with Crippen LogP contribution in [0.2, 0.25) is 0 Å². The van der Waals surface area contributed by atoms with Gasteiger partial charge in [0.05, 0.1) is 12.1 Å². The van der Waals surface area contributed by atoms with E-state index in [2.05, 4.69) is 179 Å². The van der Waals surface area contributed by atoms with Crippen molar-refractivity contribution < 1.29 is 0 Å². The first-order chi connectivity index (χ1) is 23.0. The van der Waals surface area contributed by atoms with Gasteiger partial charge in [0, 0.05) is 34.2 Å². The largest absolute Gasteiger partial charge is 0.334 e. The minimum absolute atomic E-state index is 0.105. The molecule has 0 fully saturated rings. The zero-order chi connectivity index (χ0) is 32.9. The zero-order valence-electron chi connectivity index (χ0n) is 29.0. The number of fused-ring (bicyclic) bond motifs is 8. The number of nitrogens with zero attached hydrogens (tertiary/aromatic N) is 2. The summed E-state index contributed by atoms with van der Waals surface area (Å²) < 4.78 is 0. The average Bonchev–Trinajstić information content (AvgIpc) is 3.56. The Morgan fingerprint density at radius 3 is 1.56 bits per heavy atom. The second kappa shape index (κ2) is 10.3. The van der Waals surface area contributed by atoms with Crippen LogP contribution in [0.25, 0.3) is 27.1 Å². The van der Waals surface area contributed by atoms with Crippen molar-refractivity contribution in [2.45, 2.75) is 76.8 Å². The van der Waals surface area contributed by atoms with E-state index in [0.717, 1.165) is 6.42 Å². The minimum atomic E-state index is 0.105. The van der Waals surface area contributed by atoms with Crippen LogP contribution in [-0.2, 0) is 10.8 Å². The average molecular weight is 625 g/mol. The van der Waals surface area contributed by atoms with Gasteiger partial charge < -0.3 is 9.80 Å². The van der Waals surface area contributed by atoms with Gasteiger partial charge in [-0.25, -0.2) is 0 Å². The zero-order valence-corrected chi connectivity index (χ0v) is 29.0. The number of hydrogen-bond acceptors (Lipinski definition) is 2. The molecule has 0 amide bonds. The van der Waals surface area contributed by atoms with Crippen molar-refractivity contribution in [1.29, 1.82) is 0 Å². The second-order valence-electron chi connectivity index (χ2n) is 16.3. The minimum Gasteiger partial charge on any atom is -0.334 e. The summed E-state index contributed by atoms with van der Waals surface area (Å²) in [6, 6.07) is 46.8. The van der Waals surface area contributed by atoms with Crippen molar-refractivity contribution in [1.82, 2.24) is 0 Å². The molecular weight excluding hydrogens is 581 g/mol. The van der Waals surface area contributed by atoms with Gasteiger partial charge in [-0.2, -0.15) is 0 Å². The monoisotopic (exact) mass is 624 g/mol. The highest BCUT2D eigenvalue weighted by atomic mass is 15.2. The molecule has 2 aliphatic heterocycles. The third-order valence-corrected chi connectivity index (χ3v) is 11.2. The molecule has 238 valence electrons. The summed E-state index contributed by atoms with van der Waals surface area (Å²) in [7, 11) is 0. The molecule has 2 nitrogen and oxygen atoms in total. The van der Waals surface area contributed by atoms with Crippen molar-refractivity contribution in [3.05, 3.63) is 150 Å². The van der Waals surface area contributed by atoms with E-state index in [1.165, 1.54) is 72.1 Å². The van der Waals surface area contributed by atoms with Crippen LogP contribution in [0.3, 0.4) is 0 Å². The second-order valence-corrected chi connectivity index (χ2v) is 16.3. The molecular formula is C46H44N2. The van der Waals surface area contributed by atoms with Gasteiger partial charge in [-0.15, -0.1) is 0 Å². The lowest BCUT2D eigenvalue weighted by atomic mass is 9.77.